The van der Waals surface area contributed by atoms with Gasteiger partial charge in [0.05, 0.1) is 17.7 Å². The molecule has 1 aliphatic rings. The Morgan fingerprint density at radius 2 is 2.12 bits per heavy atom. The van der Waals surface area contributed by atoms with Gasteiger partial charge in [-0.05, 0) is 57.1 Å². The SMILES string of the molecule is CCOC(=O)c1c(NC(=O)c2csc3c2CC[C@@H](C)C3)sc(C)c1C. The standard InChI is InChI=1S/C19H23NO3S2/c1-5-23-19(22)16-11(3)12(4)25-18(16)20-17(21)14-9-24-15-8-10(2)6-7-13(14)15/h9-10H,5-8H2,1-4H3,(H,20,21)/t10-/m1/s1. The van der Waals surface area contributed by atoms with Gasteiger partial charge in [-0.15, -0.1) is 22.7 Å². The van der Waals surface area contributed by atoms with E-state index in [0.717, 1.165) is 35.3 Å². The van der Waals surface area contributed by atoms with Crippen LogP contribution >= 0.6 is 22.7 Å². The molecule has 0 saturated carbocycles. The number of fused-ring (bicyclic) bond motifs is 1. The molecule has 134 valence electrons. The Labute approximate surface area is 156 Å². The van der Waals surface area contributed by atoms with E-state index in [-0.39, 0.29) is 11.9 Å². The van der Waals surface area contributed by atoms with Gasteiger partial charge in [0.2, 0.25) is 0 Å². The van der Waals surface area contributed by atoms with Gasteiger partial charge in [0.1, 0.15) is 5.00 Å². The summed E-state index contributed by atoms with van der Waals surface area (Å²) in [7, 11) is 0. The van der Waals surface area contributed by atoms with Gasteiger partial charge in [-0.2, -0.15) is 0 Å². The molecular weight excluding hydrogens is 354 g/mol. The Morgan fingerprint density at radius 3 is 2.84 bits per heavy atom. The van der Waals surface area contributed by atoms with Crippen molar-refractivity contribution >= 4 is 39.6 Å². The summed E-state index contributed by atoms with van der Waals surface area (Å²) in [6.07, 6.45) is 3.13. The second-order valence-electron chi connectivity index (χ2n) is 6.56. The molecule has 2 heterocycles. The third kappa shape index (κ3) is 3.51. The molecule has 2 aromatic rings. The number of carbonyl (C=O) groups is 2. The van der Waals surface area contributed by atoms with E-state index in [4.69, 9.17) is 4.74 Å². The number of esters is 1. The van der Waals surface area contributed by atoms with Crippen molar-refractivity contribution in [3.8, 4) is 0 Å². The lowest BCUT2D eigenvalue weighted by atomic mass is 9.88. The van der Waals surface area contributed by atoms with Gasteiger partial charge < -0.3 is 10.1 Å². The maximum atomic E-state index is 12.8. The number of ether oxygens (including phenoxy) is 1. The van der Waals surface area contributed by atoms with Crippen LogP contribution in [0.4, 0.5) is 5.00 Å². The number of hydrogen-bond donors (Lipinski definition) is 1. The molecular formula is C19H23NO3S2. The highest BCUT2D eigenvalue weighted by Crippen LogP contribution is 2.36. The number of amides is 1. The molecule has 1 atom stereocenters. The maximum absolute atomic E-state index is 12.8. The molecule has 0 unspecified atom stereocenters. The van der Waals surface area contributed by atoms with Crippen molar-refractivity contribution in [3.63, 3.8) is 0 Å². The molecule has 0 bridgehead atoms. The fraction of sp³-hybridized carbons (Fsp3) is 0.474. The molecule has 0 spiro atoms. The van der Waals surface area contributed by atoms with E-state index < -0.39 is 0 Å². The predicted molar refractivity (Wildman–Crippen MR) is 103 cm³/mol. The summed E-state index contributed by atoms with van der Waals surface area (Å²) >= 11 is 3.10. The fourth-order valence-corrected chi connectivity index (χ4v) is 5.49. The van der Waals surface area contributed by atoms with Crippen LogP contribution in [0.3, 0.4) is 0 Å². The largest absolute Gasteiger partial charge is 0.462 e. The van der Waals surface area contributed by atoms with Crippen molar-refractivity contribution in [1.82, 2.24) is 0 Å². The summed E-state index contributed by atoms with van der Waals surface area (Å²) in [5.41, 5.74) is 3.30. The van der Waals surface area contributed by atoms with Crippen LogP contribution < -0.4 is 5.32 Å². The van der Waals surface area contributed by atoms with Crippen LogP contribution in [0.5, 0.6) is 0 Å². The van der Waals surface area contributed by atoms with Crippen LogP contribution in [0.1, 0.15) is 61.9 Å². The minimum atomic E-state index is -0.374. The van der Waals surface area contributed by atoms with E-state index in [1.54, 1.807) is 18.3 Å². The van der Waals surface area contributed by atoms with Crippen LogP contribution in [0.15, 0.2) is 5.38 Å². The van der Waals surface area contributed by atoms with Crippen LogP contribution in [0, 0.1) is 19.8 Å². The third-order valence-electron chi connectivity index (χ3n) is 4.74. The van der Waals surface area contributed by atoms with Gasteiger partial charge >= 0.3 is 5.97 Å². The van der Waals surface area contributed by atoms with Crippen LogP contribution in [-0.4, -0.2) is 18.5 Å². The summed E-state index contributed by atoms with van der Waals surface area (Å²) in [5.74, 6) is 0.180. The lowest BCUT2D eigenvalue weighted by Crippen LogP contribution is -2.17. The predicted octanol–water partition coefficient (Wildman–Crippen LogP) is 4.98. The Hall–Kier alpha value is -1.66. The zero-order chi connectivity index (χ0) is 18.1. The van der Waals surface area contributed by atoms with Crippen molar-refractivity contribution in [2.75, 3.05) is 11.9 Å². The summed E-state index contributed by atoms with van der Waals surface area (Å²) in [6.45, 7) is 8.19. The van der Waals surface area contributed by atoms with E-state index in [9.17, 15) is 9.59 Å². The number of carbonyl (C=O) groups excluding carboxylic acids is 2. The van der Waals surface area contributed by atoms with Gasteiger partial charge in [-0.3, -0.25) is 4.79 Å². The number of hydrogen-bond acceptors (Lipinski definition) is 5. The molecule has 25 heavy (non-hydrogen) atoms. The smallest absolute Gasteiger partial charge is 0.341 e. The van der Waals surface area contributed by atoms with E-state index in [2.05, 4.69) is 12.2 Å². The molecule has 1 aliphatic carbocycles. The molecule has 1 amide bonds. The first-order valence-corrected chi connectivity index (χ1v) is 10.3. The quantitative estimate of drug-likeness (QED) is 0.765. The minimum absolute atomic E-state index is 0.126. The van der Waals surface area contributed by atoms with Crippen molar-refractivity contribution < 1.29 is 14.3 Å². The van der Waals surface area contributed by atoms with Crippen molar-refractivity contribution in [3.05, 3.63) is 37.4 Å². The summed E-state index contributed by atoms with van der Waals surface area (Å²) in [6, 6.07) is 0. The molecule has 6 heteroatoms. The minimum Gasteiger partial charge on any atom is -0.462 e. The van der Waals surface area contributed by atoms with E-state index in [1.807, 2.05) is 19.2 Å². The average molecular weight is 378 g/mol. The molecule has 2 aromatic heterocycles. The number of aryl methyl sites for hydroxylation is 1. The van der Waals surface area contributed by atoms with Crippen molar-refractivity contribution in [2.45, 2.75) is 47.0 Å². The molecule has 1 N–H and O–H groups in total. The highest BCUT2D eigenvalue weighted by atomic mass is 32.1. The topological polar surface area (TPSA) is 55.4 Å². The molecule has 0 saturated heterocycles. The van der Waals surface area contributed by atoms with Gasteiger partial charge in [-0.25, -0.2) is 4.79 Å². The number of thiophene rings is 2. The highest BCUT2D eigenvalue weighted by Gasteiger charge is 2.26. The molecule has 0 aromatic carbocycles. The fourth-order valence-electron chi connectivity index (χ4n) is 3.20. The summed E-state index contributed by atoms with van der Waals surface area (Å²) < 4.78 is 5.16. The number of nitrogens with one attached hydrogen (secondary N) is 1. The summed E-state index contributed by atoms with van der Waals surface area (Å²) in [5, 5.41) is 5.50. The molecule has 0 aliphatic heterocycles. The lowest BCUT2D eigenvalue weighted by molar-refractivity contribution is 0.0527. The summed E-state index contributed by atoms with van der Waals surface area (Å²) in [4.78, 5) is 27.4. The Bertz CT molecular complexity index is 819. The molecule has 0 fully saturated rings. The van der Waals surface area contributed by atoms with Crippen molar-refractivity contribution in [1.29, 1.82) is 0 Å². The first-order valence-electron chi connectivity index (χ1n) is 8.60. The second-order valence-corrected chi connectivity index (χ2v) is 8.75. The van der Waals surface area contributed by atoms with E-state index in [1.165, 1.54) is 21.8 Å². The van der Waals surface area contributed by atoms with Crippen LogP contribution in [-0.2, 0) is 17.6 Å². The monoisotopic (exact) mass is 377 g/mol. The van der Waals surface area contributed by atoms with Gasteiger partial charge in [-0.1, -0.05) is 6.92 Å². The van der Waals surface area contributed by atoms with E-state index >= 15 is 0 Å². The van der Waals surface area contributed by atoms with E-state index in [0.29, 0.717) is 23.1 Å². The average Bonchev–Trinajstić information content (AvgIpc) is 3.09. The van der Waals surface area contributed by atoms with Gasteiger partial charge in [0.25, 0.3) is 5.91 Å². The number of rotatable bonds is 4. The maximum Gasteiger partial charge on any atom is 0.341 e. The van der Waals surface area contributed by atoms with Crippen molar-refractivity contribution in [2.24, 2.45) is 5.92 Å². The third-order valence-corrected chi connectivity index (χ3v) is 6.91. The Morgan fingerprint density at radius 1 is 1.36 bits per heavy atom. The lowest BCUT2D eigenvalue weighted by Gasteiger charge is -2.18. The van der Waals surface area contributed by atoms with Gasteiger partial charge in [0.15, 0.2) is 0 Å². The Kier molecular flexibility index (Phi) is 5.29. The zero-order valence-corrected chi connectivity index (χ0v) is 16.7. The molecule has 4 nitrogen and oxygen atoms in total. The molecule has 3 rings (SSSR count). The Balaban J connectivity index is 1.87. The van der Waals surface area contributed by atoms with Crippen LogP contribution in [0.25, 0.3) is 0 Å². The first-order chi connectivity index (χ1) is 11.9. The molecule has 0 radical (unpaired) electrons. The number of anilines is 1. The van der Waals surface area contributed by atoms with Crippen LogP contribution in [0.2, 0.25) is 0 Å². The zero-order valence-electron chi connectivity index (χ0n) is 15.0. The normalized spacial score (nSPS) is 16.4. The highest BCUT2D eigenvalue weighted by molar-refractivity contribution is 7.17. The van der Waals surface area contributed by atoms with Gasteiger partial charge in [0, 0.05) is 15.1 Å². The first kappa shape index (κ1) is 18.1. The second kappa shape index (κ2) is 7.30.